The van der Waals surface area contributed by atoms with Crippen molar-refractivity contribution in [3.63, 3.8) is 0 Å². The number of aliphatic hydroxyl groups is 1. The van der Waals surface area contributed by atoms with Gasteiger partial charge in [-0.1, -0.05) is 36.6 Å². The number of β-amino-alcohol motifs (C(OH)–C–C–N with tert-alkyl or cyclic N) is 1. The van der Waals surface area contributed by atoms with Crippen LogP contribution >= 0.6 is 0 Å². The molecule has 1 aromatic rings. The molecule has 1 unspecified atom stereocenters. The number of carbonyl (C=O) groups is 1. The van der Waals surface area contributed by atoms with E-state index in [-0.39, 0.29) is 5.91 Å². The fraction of sp³-hybridized carbons (Fsp3) is 0.588. The first-order valence-corrected chi connectivity index (χ1v) is 7.61. The van der Waals surface area contributed by atoms with Crippen LogP contribution in [0.2, 0.25) is 0 Å². The second kappa shape index (κ2) is 6.89. The smallest absolute Gasteiger partial charge is 0.222 e. The largest absolute Gasteiger partial charge is 0.387 e. The first-order chi connectivity index (χ1) is 9.58. The number of carbonyl (C=O) groups excluding carboxylic acids is 1. The van der Waals surface area contributed by atoms with E-state index >= 15 is 0 Å². The Labute approximate surface area is 121 Å². The fourth-order valence-corrected chi connectivity index (χ4v) is 2.83. The molecular weight excluding hydrogens is 250 g/mol. The standard InChI is InChI=1S/C17H25NO2/c1-13-8-9-14(2)15(11-13)16(19)12-18-10-6-4-3-5-7-17(18)20/h8-9,11,16,19H,3-7,10,12H2,1-2H3. The highest BCUT2D eigenvalue weighted by Gasteiger charge is 2.20. The van der Waals surface area contributed by atoms with Crippen molar-refractivity contribution in [2.24, 2.45) is 0 Å². The molecule has 2 rings (SSSR count). The highest BCUT2D eigenvalue weighted by Crippen LogP contribution is 2.22. The van der Waals surface area contributed by atoms with Crippen LogP contribution in [0.4, 0.5) is 0 Å². The van der Waals surface area contributed by atoms with Gasteiger partial charge in [0.2, 0.25) is 5.91 Å². The predicted molar refractivity (Wildman–Crippen MR) is 80.5 cm³/mol. The third kappa shape index (κ3) is 3.83. The van der Waals surface area contributed by atoms with Gasteiger partial charge in [-0.25, -0.2) is 0 Å². The van der Waals surface area contributed by atoms with Crippen LogP contribution in [0.25, 0.3) is 0 Å². The van der Waals surface area contributed by atoms with Crippen LogP contribution < -0.4 is 0 Å². The normalized spacial score (nSPS) is 18.6. The lowest BCUT2D eigenvalue weighted by molar-refractivity contribution is -0.133. The van der Waals surface area contributed by atoms with E-state index in [0.717, 1.165) is 42.5 Å². The molecule has 0 bridgehead atoms. The Morgan fingerprint density at radius 2 is 1.95 bits per heavy atom. The van der Waals surface area contributed by atoms with Crippen LogP contribution in [0.3, 0.4) is 0 Å². The number of rotatable bonds is 3. The molecule has 1 amide bonds. The zero-order chi connectivity index (χ0) is 14.5. The highest BCUT2D eigenvalue weighted by molar-refractivity contribution is 5.76. The van der Waals surface area contributed by atoms with E-state index in [9.17, 15) is 9.90 Å². The highest BCUT2D eigenvalue weighted by atomic mass is 16.3. The monoisotopic (exact) mass is 275 g/mol. The Kier molecular flexibility index (Phi) is 5.18. The number of nitrogens with zero attached hydrogens (tertiary/aromatic N) is 1. The minimum Gasteiger partial charge on any atom is -0.387 e. The van der Waals surface area contributed by atoms with Gasteiger partial charge in [0.15, 0.2) is 0 Å². The van der Waals surface area contributed by atoms with Crippen molar-refractivity contribution in [2.45, 2.75) is 52.1 Å². The van der Waals surface area contributed by atoms with Gasteiger partial charge in [0, 0.05) is 13.0 Å². The average Bonchev–Trinajstić information content (AvgIpc) is 2.41. The van der Waals surface area contributed by atoms with Gasteiger partial charge in [-0.2, -0.15) is 0 Å². The number of aryl methyl sites for hydroxylation is 2. The summed E-state index contributed by atoms with van der Waals surface area (Å²) < 4.78 is 0. The molecule has 3 nitrogen and oxygen atoms in total. The maximum absolute atomic E-state index is 12.1. The molecule has 0 aromatic heterocycles. The Hall–Kier alpha value is -1.35. The van der Waals surface area contributed by atoms with Crippen molar-refractivity contribution in [1.29, 1.82) is 0 Å². The van der Waals surface area contributed by atoms with Crippen molar-refractivity contribution >= 4 is 5.91 Å². The molecule has 110 valence electrons. The molecule has 1 atom stereocenters. The van der Waals surface area contributed by atoms with Crippen molar-refractivity contribution in [3.05, 3.63) is 34.9 Å². The van der Waals surface area contributed by atoms with E-state index in [0.29, 0.717) is 13.0 Å². The van der Waals surface area contributed by atoms with Crippen LogP contribution in [0.1, 0.15) is 54.9 Å². The number of hydrogen-bond donors (Lipinski definition) is 1. The Balaban J connectivity index is 2.06. The molecule has 0 spiro atoms. The van der Waals surface area contributed by atoms with Gasteiger partial charge >= 0.3 is 0 Å². The summed E-state index contributed by atoms with van der Waals surface area (Å²) in [6.45, 7) is 5.23. The number of likely N-dealkylation sites (tertiary alicyclic amines) is 1. The molecule has 0 aliphatic carbocycles. The molecule has 0 saturated carbocycles. The lowest BCUT2D eigenvalue weighted by atomic mass is 10.00. The summed E-state index contributed by atoms with van der Waals surface area (Å²) in [4.78, 5) is 13.9. The minimum absolute atomic E-state index is 0.189. The van der Waals surface area contributed by atoms with Gasteiger partial charge in [-0.05, 0) is 37.8 Å². The van der Waals surface area contributed by atoms with Crippen LogP contribution in [-0.4, -0.2) is 29.0 Å². The van der Waals surface area contributed by atoms with E-state index in [1.165, 1.54) is 6.42 Å². The van der Waals surface area contributed by atoms with Gasteiger partial charge < -0.3 is 10.0 Å². The zero-order valence-electron chi connectivity index (χ0n) is 12.6. The lowest BCUT2D eigenvalue weighted by Crippen LogP contribution is -2.36. The van der Waals surface area contributed by atoms with E-state index in [4.69, 9.17) is 0 Å². The lowest BCUT2D eigenvalue weighted by Gasteiger charge is -2.28. The topological polar surface area (TPSA) is 40.5 Å². The molecular formula is C17H25NO2. The molecule has 1 N–H and O–H groups in total. The van der Waals surface area contributed by atoms with Gasteiger partial charge in [0.1, 0.15) is 0 Å². The molecule has 1 aliphatic rings. The number of hydrogen-bond acceptors (Lipinski definition) is 2. The first-order valence-electron chi connectivity index (χ1n) is 7.61. The third-order valence-electron chi connectivity index (χ3n) is 4.11. The van der Waals surface area contributed by atoms with Crippen LogP contribution in [0, 0.1) is 13.8 Å². The molecule has 1 saturated heterocycles. The zero-order valence-corrected chi connectivity index (χ0v) is 12.6. The fourth-order valence-electron chi connectivity index (χ4n) is 2.83. The third-order valence-corrected chi connectivity index (χ3v) is 4.11. The molecule has 3 heteroatoms. The summed E-state index contributed by atoms with van der Waals surface area (Å²) in [7, 11) is 0. The summed E-state index contributed by atoms with van der Waals surface area (Å²) in [5.41, 5.74) is 3.17. The predicted octanol–water partition coefficient (Wildman–Crippen LogP) is 3.13. The maximum Gasteiger partial charge on any atom is 0.222 e. The number of benzene rings is 1. The number of aliphatic hydroxyl groups excluding tert-OH is 1. The SMILES string of the molecule is Cc1ccc(C)c(C(O)CN2CCCCCCC2=O)c1. The first kappa shape index (κ1) is 15.0. The van der Waals surface area contributed by atoms with Crippen molar-refractivity contribution in [2.75, 3.05) is 13.1 Å². The van der Waals surface area contributed by atoms with Gasteiger partial charge in [-0.15, -0.1) is 0 Å². The maximum atomic E-state index is 12.1. The van der Waals surface area contributed by atoms with Crippen molar-refractivity contribution < 1.29 is 9.90 Å². The number of amides is 1. The van der Waals surface area contributed by atoms with E-state index in [1.54, 1.807) is 0 Å². The minimum atomic E-state index is -0.585. The van der Waals surface area contributed by atoms with Crippen LogP contribution in [0.5, 0.6) is 0 Å². The quantitative estimate of drug-likeness (QED) is 0.920. The van der Waals surface area contributed by atoms with Gasteiger partial charge in [-0.3, -0.25) is 4.79 Å². The van der Waals surface area contributed by atoms with Gasteiger partial charge in [0.05, 0.1) is 12.6 Å². The Morgan fingerprint density at radius 3 is 2.75 bits per heavy atom. The van der Waals surface area contributed by atoms with Crippen molar-refractivity contribution in [1.82, 2.24) is 4.90 Å². The summed E-state index contributed by atoms with van der Waals surface area (Å²) in [5, 5.41) is 10.5. The summed E-state index contributed by atoms with van der Waals surface area (Å²) in [6.07, 6.45) is 4.40. The van der Waals surface area contributed by atoms with E-state index in [1.807, 2.05) is 36.9 Å². The Bertz CT molecular complexity index is 470. The second-order valence-corrected chi connectivity index (χ2v) is 5.88. The molecule has 1 aromatic carbocycles. The average molecular weight is 275 g/mol. The summed E-state index contributed by atoms with van der Waals surface area (Å²) in [6, 6.07) is 6.10. The van der Waals surface area contributed by atoms with Gasteiger partial charge in [0.25, 0.3) is 0 Å². The molecule has 1 heterocycles. The molecule has 20 heavy (non-hydrogen) atoms. The summed E-state index contributed by atoms with van der Waals surface area (Å²) >= 11 is 0. The molecule has 1 aliphatic heterocycles. The van der Waals surface area contributed by atoms with Crippen molar-refractivity contribution in [3.8, 4) is 0 Å². The van der Waals surface area contributed by atoms with Crippen LogP contribution in [-0.2, 0) is 4.79 Å². The van der Waals surface area contributed by atoms with Crippen LogP contribution in [0.15, 0.2) is 18.2 Å². The molecule has 0 radical (unpaired) electrons. The van der Waals surface area contributed by atoms with E-state index < -0.39 is 6.10 Å². The second-order valence-electron chi connectivity index (χ2n) is 5.88. The summed E-state index contributed by atoms with van der Waals surface area (Å²) in [5.74, 6) is 0.189. The Morgan fingerprint density at radius 1 is 1.20 bits per heavy atom. The van der Waals surface area contributed by atoms with E-state index in [2.05, 4.69) is 0 Å². The molecule has 1 fully saturated rings.